The van der Waals surface area contributed by atoms with Crippen molar-refractivity contribution < 1.29 is 32.6 Å². The number of nitrogens with two attached hydrogens (primary N) is 1. The number of aliphatic hydroxyl groups excluding tert-OH is 1. The number of aryl methyl sites for hydroxylation is 1. The van der Waals surface area contributed by atoms with Gasteiger partial charge >= 0.3 is 18.2 Å². The number of nitriles is 1. The van der Waals surface area contributed by atoms with Gasteiger partial charge < -0.3 is 15.6 Å². The highest BCUT2D eigenvalue weighted by molar-refractivity contribution is 6.10. The number of esters is 1. The average molecular weight is 515 g/mol. The SMILES string of the molecule is COC(=O)C1=C(C)N(c2cccc(C(F)(F)F)c2)C(=N)N(C(N)=O)C1c1ccc(C#N)cc1CCCO. The molecular formula is C25H24F3N5O4. The minimum atomic E-state index is -4.67. The number of urea groups is 1. The van der Waals surface area contributed by atoms with E-state index in [-0.39, 0.29) is 30.0 Å². The van der Waals surface area contributed by atoms with Gasteiger partial charge in [-0.25, -0.2) is 9.59 Å². The van der Waals surface area contributed by atoms with E-state index in [1.165, 1.54) is 31.2 Å². The third-order valence-corrected chi connectivity index (χ3v) is 5.94. The lowest BCUT2D eigenvalue weighted by molar-refractivity contribution is -0.138. The van der Waals surface area contributed by atoms with Crippen molar-refractivity contribution in [3.05, 3.63) is 76.0 Å². The number of ether oxygens (including phenoxy) is 1. The van der Waals surface area contributed by atoms with Crippen molar-refractivity contribution in [1.29, 1.82) is 10.7 Å². The molecule has 0 aromatic heterocycles. The van der Waals surface area contributed by atoms with E-state index in [0.29, 0.717) is 23.1 Å². The van der Waals surface area contributed by atoms with Crippen LogP contribution in [-0.2, 0) is 22.1 Å². The predicted molar refractivity (Wildman–Crippen MR) is 127 cm³/mol. The molecular weight excluding hydrogens is 491 g/mol. The van der Waals surface area contributed by atoms with E-state index in [2.05, 4.69) is 0 Å². The van der Waals surface area contributed by atoms with Gasteiger partial charge in [-0.1, -0.05) is 12.1 Å². The molecule has 2 amide bonds. The molecule has 1 unspecified atom stereocenters. The van der Waals surface area contributed by atoms with E-state index in [4.69, 9.17) is 15.9 Å². The number of nitrogens with one attached hydrogen (secondary N) is 1. The van der Waals surface area contributed by atoms with Crippen molar-refractivity contribution in [1.82, 2.24) is 4.90 Å². The molecule has 194 valence electrons. The zero-order chi connectivity index (χ0) is 27.5. The highest BCUT2D eigenvalue weighted by atomic mass is 19.4. The van der Waals surface area contributed by atoms with Gasteiger partial charge in [-0.2, -0.15) is 18.4 Å². The van der Waals surface area contributed by atoms with Crippen molar-refractivity contribution in [3.8, 4) is 6.07 Å². The Balaban J connectivity index is 2.33. The second-order valence-electron chi connectivity index (χ2n) is 8.16. The van der Waals surface area contributed by atoms with Crippen LogP contribution in [0.5, 0.6) is 0 Å². The topological polar surface area (TPSA) is 144 Å². The Morgan fingerprint density at radius 3 is 2.51 bits per heavy atom. The van der Waals surface area contributed by atoms with E-state index >= 15 is 0 Å². The van der Waals surface area contributed by atoms with Crippen LogP contribution in [0.3, 0.4) is 0 Å². The number of benzene rings is 2. The first-order valence-corrected chi connectivity index (χ1v) is 11.0. The van der Waals surface area contributed by atoms with Crippen molar-refractivity contribution in [2.24, 2.45) is 5.73 Å². The number of alkyl halides is 3. The summed E-state index contributed by atoms with van der Waals surface area (Å²) in [6.07, 6.45) is -4.11. The van der Waals surface area contributed by atoms with Crippen LogP contribution in [0.15, 0.2) is 53.7 Å². The molecule has 37 heavy (non-hydrogen) atoms. The first-order chi connectivity index (χ1) is 17.5. The zero-order valence-electron chi connectivity index (χ0n) is 20.0. The summed E-state index contributed by atoms with van der Waals surface area (Å²) in [5.74, 6) is -1.48. The van der Waals surface area contributed by atoms with E-state index in [9.17, 15) is 33.1 Å². The van der Waals surface area contributed by atoms with Gasteiger partial charge in [-0.05, 0) is 61.2 Å². The van der Waals surface area contributed by atoms with Crippen molar-refractivity contribution in [2.45, 2.75) is 32.0 Å². The van der Waals surface area contributed by atoms with Crippen LogP contribution in [0.25, 0.3) is 0 Å². The molecule has 0 aliphatic carbocycles. The number of primary amides is 1. The maximum absolute atomic E-state index is 13.4. The lowest BCUT2D eigenvalue weighted by atomic mass is 9.87. The number of hydrogen-bond donors (Lipinski definition) is 3. The summed E-state index contributed by atoms with van der Waals surface area (Å²) in [6, 6.07) is 8.19. The standard InChI is InChI=1S/C25H24F3N5O4/c1-14-20(22(35)37-2)21(19-9-8-15(13-29)11-16(19)5-4-10-34)33(24(31)36)23(30)32(14)18-7-3-6-17(12-18)25(26,27)28/h3,6-9,11-12,21,30,34H,4-5,10H2,1-2H3,(H2,31,36). The number of nitrogens with zero attached hydrogens (tertiary/aromatic N) is 3. The minimum absolute atomic E-state index is 0.0520. The van der Waals surface area contributed by atoms with Crippen LogP contribution in [0.4, 0.5) is 23.7 Å². The lowest BCUT2D eigenvalue weighted by Gasteiger charge is -2.43. The fourth-order valence-corrected chi connectivity index (χ4v) is 4.30. The number of rotatable bonds is 6. The van der Waals surface area contributed by atoms with Crippen LogP contribution in [0.1, 0.15) is 41.6 Å². The molecule has 4 N–H and O–H groups in total. The molecule has 12 heteroatoms. The average Bonchev–Trinajstić information content (AvgIpc) is 2.86. The number of anilines is 1. The van der Waals surface area contributed by atoms with Crippen molar-refractivity contribution >= 4 is 23.6 Å². The number of hydrogen-bond acceptors (Lipinski definition) is 6. The fraction of sp³-hybridized carbons (Fsp3) is 0.280. The first kappa shape index (κ1) is 27.2. The number of carbonyl (C=O) groups is 2. The maximum Gasteiger partial charge on any atom is 0.416 e. The van der Waals surface area contributed by atoms with Gasteiger partial charge in [0.2, 0.25) is 5.96 Å². The largest absolute Gasteiger partial charge is 0.466 e. The summed E-state index contributed by atoms with van der Waals surface area (Å²) in [4.78, 5) is 27.6. The minimum Gasteiger partial charge on any atom is -0.466 e. The Bertz CT molecular complexity index is 1320. The number of allylic oxidation sites excluding steroid dienone is 1. The number of aliphatic hydroxyl groups is 1. The van der Waals surface area contributed by atoms with Gasteiger partial charge in [0.25, 0.3) is 0 Å². The van der Waals surface area contributed by atoms with Gasteiger partial charge in [0.05, 0.1) is 29.9 Å². The third-order valence-electron chi connectivity index (χ3n) is 5.94. The molecule has 0 radical (unpaired) electrons. The lowest BCUT2D eigenvalue weighted by Crippen LogP contribution is -2.55. The number of halogens is 3. The molecule has 0 fully saturated rings. The van der Waals surface area contributed by atoms with Gasteiger partial charge in [-0.15, -0.1) is 0 Å². The normalized spacial score (nSPS) is 16.0. The van der Waals surface area contributed by atoms with Crippen molar-refractivity contribution in [2.75, 3.05) is 18.6 Å². The van der Waals surface area contributed by atoms with Crippen molar-refractivity contribution in [3.63, 3.8) is 0 Å². The summed E-state index contributed by atoms with van der Waals surface area (Å²) in [6.45, 7) is 1.25. The molecule has 1 aliphatic rings. The Morgan fingerprint density at radius 1 is 1.24 bits per heavy atom. The molecule has 1 aliphatic heterocycles. The third kappa shape index (κ3) is 5.26. The van der Waals surface area contributed by atoms with Gasteiger partial charge in [0, 0.05) is 18.0 Å². The molecule has 1 heterocycles. The van der Waals surface area contributed by atoms with Gasteiger partial charge in [-0.3, -0.25) is 15.2 Å². The highest BCUT2D eigenvalue weighted by Crippen LogP contribution is 2.42. The fourth-order valence-electron chi connectivity index (χ4n) is 4.30. The van der Waals surface area contributed by atoms with E-state index < -0.39 is 35.7 Å². The monoisotopic (exact) mass is 515 g/mol. The number of guanidine groups is 1. The summed E-state index contributed by atoms with van der Waals surface area (Å²) in [5.41, 5.74) is 5.61. The Labute approximate surface area is 210 Å². The number of amides is 2. The van der Waals surface area contributed by atoms with Crippen LogP contribution in [0, 0.1) is 16.7 Å². The maximum atomic E-state index is 13.4. The smallest absolute Gasteiger partial charge is 0.416 e. The predicted octanol–water partition coefficient (Wildman–Crippen LogP) is 3.83. The van der Waals surface area contributed by atoms with E-state index in [1.807, 2.05) is 6.07 Å². The van der Waals surface area contributed by atoms with Crippen LogP contribution < -0.4 is 10.6 Å². The second-order valence-corrected chi connectivity index (χ2v) is 8.16. The van der Waals surface area contributed by atoms with Crippen LogP contribution in [0.2, 0.25) is 0 Å². The Hall–Kier alpha value is -4.37. The quantitative estimate of drug-likeness (QED) is 0.499. The molecule has 3 rings (SSSR count). The van der Waals surface area contributed by atoms with Crippen LogP contribution in [-0.4, -0.2) is 41.7 Å². The number of carbonyl (C=O) groups excluding carboxylic acids is 2. The van der Waals surface area contributed by atoms with E-state index in [0.717, 1.165) is 35.1 Å². The van der Waals surface area contributed by atoms with Gasteiger partial charge in [0.15, 0.2) is 0 Å². The summed E-state index contributed by atoms with van der Waals surface area (Å²) in [5, 5.41) is 27.5. The van der Waals surface area contributed by atoms with Gasteiger partial charge in [0.1, 0.15) is 6.04 Å². The molecule has 0 spiro atoms. The Kier molecular flexibility index (Phi) is 7.88. The Morgan fingerprint density at radius 2 is 1.95 bits per heavy atom. The molecule has 1 atom stereocenters. The first-order valence-electron chi connectivity index (χ1n) is 11.0. The molecule has 0 saturated heterocycles. The zero-order valence-corrected chi connectivity index (χ0v) is 20.0. The summed E-state index contributed by atoms with van der Waals surface area (Å²) < 4.78 is 45.2. The summed E-state index contributed by atoms with van der Waals surface area (Å²) in [7, 11) is 1.11. The summed E-state index contributed by atoms with van der Waals surface area (Å²) >= 11 is 0. The molecule has 0 bridgehead atoms. The molecule has 2 aromatic carbocycles. The van der Waals surface area contributed by atoms with E-state index in [1.54, 1.807) is 0 Å². The number of methoxy groups -OCH3 is 1. The second kappa shape index (κ2) is 10.7. The molecule has 2 aromatic rings. The van der Waals surface area contributed by atoms with Crippen LogP contribution >= 0.6 is 0 Å². The molecule has 0 saturated carbocycles. The molecule has 9 nitrogen and oxygen atoms in total. The highest BCUT2D eigenvalue weighted by Gasteiger charge is 2.44.